The van der Waals surface area contributed by atoms with E-state index in [1.54, 1.807) is 0 Å². The van der Waals surface area contributed by atoms with E-state index in [1.807, 2.05) is 0 Å². The Hall–Kier alpha value is -0.780. The van der Waals surface area contributed by atoms with Crippen molar-refractivity contribution in [3.05, 3.63) is 36.0 Å². The molecule has 84 valence electrons. The normalized spacial score (nSPS) is 18.5. The van der Waals surface area contributed by atoms with Crippen LogP contribution in [0.3, 0.4) is 0 Å². The predicted octanol–water partition coefficient (Wildman–Crippen LogP) is 4.89. The highest BCUT2D eigenvalue weighted by molar-refractivity contribution is 5.28. The lowest BCUT2D eigenvalue weighted by Gasteiger charge is -2.25. The fraction of sp³-hybridized carbons (Fsp3) is 0.600. The van der Waals surface area contributed by atoms with Crippen LogP contribution < -0.4 is 0 Å². The fourth-order valence-corrected chi connectivity index (χ4v) is 1.88. The van der Waals surface area contributed by atoms with E-state index < -0.39 is 0 Å². The number of rotatable bonds is 5. The fourth-order valence-electron chi connectivity index (χ4n) is 1.88. The Bertz CT molecular complexity index is 262. The maximum atomic E-state index is 4.15. The minimum absolute atomic E-state index is 0.734. The highest BCUT2D eigenvalue weighted by Gasteiger charge is 2.18. The second-order valence-corrected chi connectivity index (χ2v) is 5.00. The molecule has 0 atom stereocenters. The molecule has 0 N–H and O–H groups in total. The third-order valence-corrected chi connectivity index (χ3v) is 3.16. The summed E-state index contributed by atoms with van der Waals surface area (Å²) >= 11 is 0. The van der Waals surface area contributed by atoms with Crippen LogP contribution in [0.25, 0.3) is 0 Å². The summed E-state index contributed by atoms with van der Waals surface area (Å²) in [6, 6.07) is 0. The lowest BCUT2D eigenvalue weighted by atomic mass is 9.80. The van der Waals surface area contributed by atoms with Gasteiger partial charge in [-0.05, 0) is 38.0 Å². The maximum Gasteiger partial charge on any atom is -0.0168 e. The summed E-state index contributed by atoms with van der Waals surface area (Å²) in [5.41, 5.74) is 2.76. The van der Waals surface area contributed by atoms with Gasteiger partial charge in [0.2, 0.25) is 0 Å². The van der Waals surface area contributed by atoms with Gasteiger partial charge in [-0.15, -0.1) is 0 Å². The summed E-state index contributed by atoms with van der Waals surface area (Å²) in [7, 11) is 0. The first-order chi connectivity index (χ1) is 7.13. The quantitative estimate of drug-likeness (QED) is 0.559. The van der Waals surface area contributed by atoms with Crippen LogP contribution in [0.15, 0.2) is 36.0 Å². The molecule has 0 radical (unpaired) electrons. The first-order valence-corrected chi connectivity index (χ1v) is 6.15. The van der Waals surface area contributed by atoms with Gasteiger partial charge in [0, 0.05) is 0 Å². The van der Waals surface area contributed by atoms with Crippen molar-refractivity contribution in [2.45, 2.75) is 46.5 Å². The van der Waals surface area contributed by atoms with Crippen molar-refractivity contribution in [1.29, 1.82) is 0 Å². The average Bonchev–Trinajstić information content (AvgIpc) is 2.08. The van der Waals surface area contributed by atoms with Crippen molar-refractivity contribution in [3.63, 3.8) is 0 Å². The summed E-state index contributed by atoms with van der Waals surface area (Å²) in [5.74, 6) is 1.51. The van der Waals surface area contributed by atoms with Gasteiger partial charge in [-0.3, -0.25) is 0 Å². The summed E-state index contributed by atoms with van der Waals surface area (Å²) in [4.78, 5) is 0. The molecule has 0 heteroatoms. The highest BCUT2D eigenvalue weighted by atomic mass is 14.2. The SMILES string of the molecule is C=C(/C=C\C(=C/C)CC(C)C)C1CCC1. The third-order valence-electron chi connectivity index (χ3n) is 3.16. The first-order valence-electron chi connectivity index (χ1n) is 6.15. The first kappa shape index (κ1) is 12.3. The molecule has 0 amide bonds. The highest BCUT2D eigenvalue weighted by Crippen LogP contribution is 2.32. The van der Waals surface area contributed by atoms with Crippen molar-refractivity contribution < 1.29 is 0 Å². The van der Waals surface area contributed by atoms with Crippen LogP contribution in [0, 0.1) is 11.8 Å². The second kappa shape index (κ2) is 5.95. The van der Waals surface area contributed by atoms with Crippen LogP contribution in [0.1, 0.15) is 46.5 Å². The van der Waals surface area contributed by atoms with Gasteiger partial charge in [0.05, 0.1) is 0 Å². The van der Waals surface area contributed by atoms with Crippen LogP contribution in [-0.4, -0.2) is 0 Å². The summed E-state index contributed by atoms with van der Waals surface area (Å²) in [6.45, 7) is 10.8. The van der Waals surface area contributed by atoms with Crippen molar-refractivity contribution in [2.24, 2.45) is 11.8 Å². The minimum Gasteiger partial charge on any atom is -0.0955 e. The molecule has 1 aliphatic rings. The lowest BCUT2D eigenvalue weighted by Crippen LogP contribution is -2.11. The van der Waals surface area contributed by atoms with Crippen molar-refractivity contribution in [2.75, 3.05) is 0 Å². The van der Waals surface area contributed by atoms with Crippen LogP contribution in [0.4, 0.5) is 0 Å². The molecule has 0 aromatic carbocycles. The van der Waals surface area contributed by atoms with Gasteiger partial charge in [0.1, 0.15) is 0 Å². The molecule has 0 heterocycles. The topological polar surface area (TPSA) is 0 Å². The molecule has 1 aliphatic carbocycles. The molecular weight excluding hydrogens is 180 g/mol. The lowest BCUT2D eigenvalue weighted by molar-refractivity contribution is 0.375. The minimum atomic E-state index is 0.734. The Morgan fingerprint density at radius 1 is 1.33 bits per heavy atom. The molecule has 0 unspecified atom stereocenters. The third kappa shape index (κ3) is 4.07. The molecule has 0 aromatic rings. The predicted molar refractivity (Wildman–Crippen MR) is 68.8 cm³/mol. The van der Waals surface area contributed by atoms with E-state index in [9.17, 15) is 0 Å². The summed E-state index contributed by atoms with van der Waals surface area (Å²) < 4.78 is 0. The van der Waals surface area contributed by atoms with Crippen LogP contribution in [0.2, 0.25) is 0 Å². The largest absolute Gasteiger partial charge is 0.0955 e. The van der Waals surface area contributed by atoms with E-state index in [0.29, 0.717) is 0 Å². The van der Waals surface area contributed by atoms with Gasteiger partial charge >= 0.3 is 0 Å². The summed E-state index contributed by atoms with van der Waals surface area (Å²) in [6.07, 6.45) is 11.9. The van der Waals surface area contributed by atoms with Gasteiger partial charge < -0.3 is 0 Å². The molecular formula is C15H24. The zero-order valence-corrected chi connectivity index (χ0v) is 10.4. The Balaban J connectivity index is 2.43. The van der Waals surface area contributed by atoms with Crippen molar-refractivity contribution in [3.8, 4) is 0 Å². The van der Waals surface area contributed by atoms with Crippen molar-refractivity contribution in [1.82, 2.24) is 0 Å². The van der Waals surface area contributed by atoms with E-state index in [4.69, 9.17) is 0 Å². The summed E-state index contributed by atoms with van der Waals surface area (Å²) in [5, 5.41) is 0. The molecule has 1 rings (SSSR count). The van der Waals surface area contributed by atoms with Crippen LogP contribution in [0.5, 0.6) is 0 Å². The molecule has 0 bridgehead atoms. The maximum absolute atomic E-state index is 4.15. The Morgan fingerprint density at radius 2 is 2.00 bits per heavy atom. The molecule has 1 fully saturated rings. The van der Waals surface area contributed by atoms with E-state index in [1.165, 1.54) is 36.8 Å². The van der Waals surface area contributed by atoms with E-state index in [2.05, 4.69) is 45.6 Å². The average molecular weight is 204 g/mol. The number of allylic oxidation sites excluding steroid dienone is 5. The second-order valence-electron chi connectivity index (χ2n) is 5.00. The smallest absolute Gasteiger partial charge is 0.0168 e. The van der Waals surface area contributed by atoms with Gasteiger partial charge in [0.15, 0.2) is 0 Å². The number of hydrogen-bond donors (Lipinski definition) is 0. The standard InChI is InChI=1S/C15H24/c1-5-14(11-12(2)3)10-9-13(4)15-7-6-8-15/h5,9-10,12,15H,4,6-8,11H2,1-3H3/b10-9-,14-5+. The van der Waals surface area contributed by atoms with E-state index >= 15 is 0 Å². The van der Waals surface area contributed by atoms with Gasteiger partial charge in [-0.2, -0.15) is 0 Å². The molecule has 0 saturated heterocycles. The zero-order chi connectivity index (χ0) is 11.3. The monoisotopic (exact) mass is 204 g/mol. The molecule has 0 aliphatic heterocycles. The van der Waals surface area contributed by atoms with Gasteiger partial charge in [-0.1, -0.05) is 56.2 Å². The van der Waals surface area contributed by atoms with Crippen LogP contribution >= 0.6 is 0 Å². The Morgan fingerprint density at radius 3 is 2.40 bits per heavy atom. The number of hydrogen-bond acceptors (Lipinski definition) is 0. The van der Waals surface area contributed by atoms with E-state index in [0.717, 1.165) is 11.8 Å². The van der Waals surface area contributed by atoms with E-state index in [-0.39, 0.29) is 0 Å². The van der Waals surface area contributed by atoms with Crippen molar-refractivity contribution >= 4 is 0 Å². The van der Waals surface area contributed by atoms with Crippen LogP contribution in [-0.2, 0) is 0 Å². The Kier molecular flexibility index (Phi) is 4.87. The molecule has 0 aromatic heterocycles. The molecule has 0 spiro atoms. The zero-order valence-electron chi connectivity index (χ0n) is 10.4. The van der Waals surface area contributed by atoms with Gasteiger partial charge in [0.25, 0.3) is 0 Å². The molecule has 1 saturated carbocycles. The Labute approximate surface area is 94.8 Å². The van der Waals surface area contributed by atoms with Gasteiger partial charge in [-0.25, -0.2) is 0 Å². The molecule has 0 nitrogen and oxygen atoms in total. The molecule has 15 heavy (non-hydrogen) atoms.